The van der Waals surface area contributed by atoms with Gasteiger partial charge in [-0.25, -0.2) is 4.68 Å². The smallest absolute Gasteiger partial charge is 0.122 e. The van der Waals surface area contributed by atoms with Crippen LogP contribution in [0.5, 0.6) is 0 Å². The van der Waals surface area contributed by atoms with Crippen molar-refractivity contribution in [3.63, 3.8) is 0 Å². The number of nitrogens with two attached hydrogens (primary N) is 1. The van der Waals surface area contributed by atoms with Gasteiger partial charge in [-0.3, -0.25) is 0 Å². The highest BCUT2D eigenvalue weighted by atomic mass is 16.5. The molecule has 1 aromatic rings. The molecule has 0 fully saturated rings. The maximum absolute atomic E-state index is 5.68. The van der Waals surface area contributed by atoms with Crippen molar-refractivity contribution in [1.29, 1.82) is 0 Å². The summed E-state index contributed by atoms with van der Waals surface area (Å²) in [5.74, 6) is 0.673. The fraction of sp³-hybridized carbons (Fsp3) is 0.625. The van der Waals surface area contributed by atoms with Crippen LogP contribution in [0.2, 0.25) is 0 Å². The molecular formula is C8H15N3O. The summed E-state index contributed by atoms with van der Waals surface area (Å²) in [4.78, 5) is 0. The fourth-order valence-electron chi connectivity index (χ4n) is 1.06. The van der Waals surface area contributed by atoms with Crippen molar-refractivity contribution in [3.8, 4) is 0 Å². The van der Waals surface area contributed by atoms with Gasteiger partial charge in [-0.1, -0.05) is 0 Å². The van der Waals surface area contributed by atoms with E-state index in [1.54, 1.807) is 24.1 Å². The Morgan fingerprint density at radius 2 is 2.25 bits per heavy atom. The monoisotopic (exact) mass is 169 g/mol. The van der Waals surface area contributed by atoms with Gasteiger partial charge < -0.3 is 10.5 Å². The first kappa shape index (κ1) is 9.06. The molecule has 0 aliphatic carbocycles. The third-order valence-corrected chi connectivity index (χ3v) is 2.14. The molecule has 1 rings (SSSR count). The zero-order valence-electron chi connectivity index (χ0n) is 7.69. The quantitative estimate of drug-likeness (QED) is 0.736. The molecule has 0 saturated heterocycles. The Labute approximate surface area is 72.3 Å². The van der Waals surface area contributed by atoms with Crippen molar-refractivity contribution in [1.82, 2.24) is 9.78 Å². The van der Waals surface area contributed by atoms with Gasteiger partial charge >= 0.3 is 0 Å². The number of anilines is 1. The van der Waals surface area contributed by atoms with Gasteiger partial charge in [0.2, 0.25) is 0 Å². The van der Waals surface area contributed by atoms with Crippen LogP contribution in [0.25, 0.3) is 0 Å². The van der Waals surface area contributed by atoms with Crippen LogP contribution in [-0.2, 0) is 4.74 Å². The van der Waals surface area contributed by atoms with Crippen molar-refractivity contribution in [2.75, 3.05) is 12.8 Å². The van der Waals surface area contributed by atoms with Crippen molar-refractivity contribution >= 4 is 5.82 Å². The van der Waals surface area contributed by atoms with E-state index >= 15 is 0 Å². The van der Waals surface area contributed by atoms with Crippen LogP contribution >= 0.6 is 0 Å². The van der Waals surface area contributed by atoms with Gasteiger partial charge in [-0.05, 0) is 19.9 Å². The minimum Gasteiger partial charge on any atom is -0.384 e. The number of hydrogen-bond acceptors (Lipinski definition) is 3. The van der Waals surface area contributed by atoms with Crippen LogP contribution in [0.3, 0.4) is 0 Å². The molecule has 2 atom stereocenters. The molecule has 68 valence electrons. The summed E-state index contributed by atoms with van der Waals surface area (Å²) >= 11 is 0. The first-order chi connectivity index (χ1) is 5.66. The van der Waals surface area contributed by atoms with Crippen molar-refractivity contribution in [2.45, 2.75) is 26.0 Å². The SMILES string of the molecule is COC(C)C(C)n1nccc1N. The van der Waals surface area contributed by atoms with E-state index in [4.69, 9.17) is 10.5 Å². The summed E-state index contributed by atoms with van der Waals surface area (Å²) < 4.78 is 6.93. The minimum absolute atomic E-state index is 0.118. The van der Waals surface area contributed by atoms with Crippen LogP contribution in [0, 0.1) is 0 Å². The van der Waals surface area contributed by atoms with Gasteiger partial charge in [-0.15, -0.1) is 0 Å². The molecule has 1 heterocycles. The largest absolute Gasteiger partial charge is 0.384 e. The van der Waals surface area contributed by atoms with Crippen LogP contribution in [-0.4, -0.2) is 23.0 Å². The van der Waals surface area contributed by atoms with E-state index in [1.807, 2.05) is 13.8 Å². The van der Waals surface area contributed by atoms with Crippen LogP contribution in [0.15, 0.2) is 12.3 Å². The lowest BCUT2D eigenvalue weighted by Crippen LogP contribution is -2.22. The molecule has 0 aliphatic rings. The zero-order valence-corrected chi connectivity index (χ0v) is 7.69. The summed E-state index contributed by atoms with van der Waals surface area (Å²) in [6.07, 6.45) is 1.81. The first-order valence-corrected chi connectivity index (χ1v) is 3.98. The average Bonchev–Trinajstić information content (AvgIpc) is 2.48. The van der Waals surface area contributed by atoms with Crippen LogP contribution in [0.4, 0.5) is 5.82 Å². The number of nitrogens with zero attached hydrogens (tertiary/aromatic N) is 2. The van der Waals surface area contributed by atoms with Gasteiger partial charge in [0.15, 0.2) is 0 Å². The molecule has 0 spiro atoms. The molecule has 12 heavy (non-hydrogen) atoms. The molecule has 0 bridgehead atoms. The van der Waals surface area contributed by atoms with E-state index in [9.17, 15) is 0 Å². The average molecular weight is 169 g/mol. The zero-order chi connectivity index (χ0) is 9.14. The molecule has 0 saturated carbocycles. The fourth-order valence-corrected chi connectivity index (χ4v) is 1.06. The summed E-state index contributed by atoms with van der Waals surface area (Å²) in [6.45, 7) is 4.02. The van der Waals surface area contributed by atoms with Gasteiger partial charge in [0, 0.05) is 7.11 Å². The number of rotatable bonds is 3. The molecule has 4 nitrogen and oxygen atoms in total. The standard InChI is InChI=1S/C8H15N3O/c1-6(7(2)12-3)11-8(9)4-5-10-11/h4-7H,9H2,1-3H3. The predicted molar refractivity (Wildman–Crippen MR) is 47.8 cm³/mol. The molecule has 2 unspecified atom stereocenters. The van der Waals surface area contributed by atoms with Gasteiger partial charge in [-0.2, -0.15) is 5.10 Å². The Morgan fingerprint density at radius 1 is 1.58 bits per heavy atom. The Morgan fingerprint density at radius 3 is 2.67 bits per heavy atom. The van der Waals surface area contributed by atoms with E-state index in [1.165, 1.54) is 0 Å². The topological polar surface area (TPSA) is 53.1 Å². The predicted octanol–water partition coefficient (Wildman–Crippen LogP) is 1.06. The number of nitrogen functional groups attached to an aromatic ring is 1. The third-order valence-electron chi connectivity index (χ3n) is 2.14. The molecule has 0 amide bonds. The Hall–Kier alpha value is -1.03. The highest BCUT2D eigenvalue weighted by Crippen LogP contribution is 2.15. The van der Waals surface area contributed by atoms with Crippen molar-refractivity contribution < 1.29 is 4.74 Å². The molecule has 0 radical (unpaired) electrons. The third kappa shape index (κ3) is 1.58. The van der Waals surface area contributed by atoms with Gasteiger partial charge in [0.1, 0.15) is 5.82 Å². The minimum atomic E-state index is 0.118. The summed E-state index contributed by atoms with van der Waals surface area (Å²) in [6, 6.07) is 1.95. The normalized spacial score (nSPS) is 15.9. The lowest BCUT2D eigenvalue weighted by atomic mass is 10.2. The maximum Gasteiger partial charge on any atom is 0.122 e. The molecular weight excluding hydrogens is 154 g/mol. The lowest BCUT2D eigenvalue weighted by Gasteiger charge is -2.19. The highest BCUT2D eigenvalue weighted by Gasteiger charge is 2.14. The molecule has 0 aromatic carbocycles. The second-order valence-electron chi connectivity index (χ2n) is 2.88. The number of ether oxygens (including phenoxy) is 1. The van der Waals surface area contributed by atoms with Gasteiger partial charge in [0.25, 0.3) is 0 Å². The summed E-state index contributed by atoms with van der Waals surface area (Å²) in [7, 11) is 1.68. The van der Waals surface area contributed by atoms with Gasteiger partial charge in [0.05, 0.1) is 18.3 Å². The first-order valence-electron chi connectivity index (χ1n) is 3.98. The van der Waals surface area contributed by atoms with E-state index in [2.05, 4.69) is 5.10 Å². The van der Waals surface area contributed by atoms with Crippen molar-refractivity contribution in [3.05, 3.63) is 12.3 Å². The summed E-state index contributed by atoms with van der Waals surface area (Å²) in [5.41, 5.74) is 5.68. The lowest BCUT2D eigenvalue weighted by molar-refractivity contribution is 0.0741. The highest BCUT2D eigenvalue weighted by molar-refractivity contribution is 5.26. The molecule has 0 aliphatic heterocycles. The number of aromatic nitrogens is 2. The molecule has 1 aromatic heterocycles. The van der Waals surface area contributed by atoms with E-state index in [0.717, 1.165) is 0 Å². The summed E-state index contributed by atoms with van der Waals surface area (Å²) in [5, 5.41) is 4.10. The number of hydrogen-bond donors (Lipinski definition) is 1. The maximum atomic E-state index is 5.68. The van der Waals surface area contributed by atoms with Crippen LogP contribution < -0.4 is 5.73 Å². The van der Waals surface area contributed by atoms with Crippen LogP contribution in [0.1, 0.15) is 19.9 Å². The van der Waals surface area contributed by atoms with E-state index in [0.29, 0.717) is 5.82 Å². The molecule has 4 heteroatoms. The molecule has 2 N–H and O–H groups in total. The van der Waals surface area contributed by atoms with E-state index in [-0.39, 0.29) is 12.1 Å². The second kappa shape index (κ2) is 3.58. The second-order valence-corrected chi connectivity index (χ2v) is 2.88. The van der Waals surface area contributed by atoms with Crippen molar-refractivity contribution in [2.24, 2.45) is 0 Å². The van der Waals surface area contributed by atoms with E-state index < -0.39 is 0 Å². The Balaban J connectivity index is 2.77. The Kier molecular flexibility index (Phi) is 2.70. The number of methoxy groups -OCH3 is 1. The Bertz CT molecular complexity index is 246.